The first-order valence-corrected chi connectivity index (χ1v) is 24.2. The number of hydrogen-bond acceptors (Lipinski definition) is 13. The second-order valence-electron chi connectivity index (χ2n) is 16.8. The number of aliphatic hydroxyl groups is 1. The van der Waals surface area contributed by atoms with E-state index in [1.54, 1.807) is 42.1 Å². The third-order valence-corrected chi connectivity index (χ3v) is 12.0. The van der Waals surface area contributed by atoms with E-state index < -0.39 is 18.1 Å². The predicted molar refractivity (Wildman–Crippen MR) is 288 cm³/mol. The zero-order valence-corrected chi connectivity index (χ0v) is 50.4. The minimum atomic E-state index is -0.935. The van der Waals surface area contributed by atoms with Gasteiger partial charge in [-0.05, 0) is 105 Å². The minimum absolute atomic E-state index is 0. The summed E-state index contributed by atoms with van der Waals surface area (Å²) in [6.07, 6.45) is -0.546. The molecule has 6 aromatic heterocycles. The molecule has 80 heavy (non-hydrogen) atoms. The number of aromatic nitrogens is 9. The number of benzene rings is 6. The number of cyclic esters (lactones) is 2. The van der Waals surface area contributed by atoms with E-state index in [0.717, 1.165) is 33.1 Å². The number of carboxylic acids is 1. The molecule has 12 aromatic rings. The van der Waals surface area contributed by atoms with Crippen LogP contribution in [0.25, 0.3) is 50.2 Å². The Labute approximate surface area is 503 Å². The molecule has 28 heteroatoms. The molecule has 0 bridgehead atoms. The first kappa shape index (κ1) is 61.7. The molecule has 1 fully saturated rings. The second kappa shape index (κ2) is 25.7. The van der Waals surface area contributed by atoms with E-state index >= 15 is 0 Å². The van der Waals surface area contributed by atoms with Gasteiger partial charge in [-0.1, -0.05) is 48.0 Å². The van der Waals surface area contributed by atoms with E-state index in [4.69, 9.17) is 59.2 Å². The molecule has 0 unspecified atom stereocenters. The zero-order chi connectivity index (χ0) is 55.0. The summed E-state index contributed by atoms with van der Waals surface area (Å²) in [5.74, 6) is -0.133. The predicted octanol–water partition coefficient (Wildman–Crippen LogP) is 9.16. The van der Waals surface area contributed by atoms with Crippen molar-refractivity contribution in [1.82, 2.24) is 42.2 Å². The number of nitrogens with zero attached hydrogens (tertiary/aromatic N) is 9. The SMILES string of the molecule is C=C(C)C(=O)O.C=C(C)C(=O)OCCOc1ccc(-n2n3c4ccc(Cl)cc4n23)c(O)c1.O=C1OCCO1.OCCOc1ccc(-n2n3c4ccc(Cl)cc4n23)c(O)c1.Oc1ccc(-n2n3c4ccc(Cl)cc4n23)c(O)c1.[CH3-].[U].[V]. The van der Waals surface area contributed by atoms with E-state index in [9.17, 15) is 34.8 Å². The Morgan fingerprint density at radius 3 is 1.24 bits per heavy atom. The van der Waals surface area contributed by atoms with Gasteiger partial charge in [0, 0.05) is 94.1 Å². The number of aliphatic carboxylic acids is 1. The maximum Gasteiger partial charge on any atom is 0.508 e. The number of hydrogen-bond donors (Lipinski definition) is 6. The van der Waals surface area contributed by atoms with Gasteiger partial charge in [0.15, 0.2) is 0 Å². The molecule has 0 aliphatic carbocycles. The number of carbonyl (C=O) groups is 3. The van der Waals surface area contributed by atoms with Gasteiger partial charge >= 0.3 is 18.1 Å². The van der Waals surface area contributed by atoms with Gasteiger partial charge in [-0.3, -0.25) is 0 Å². The van der Waals surface area contributed by atoms with Crippen LogP contribution >= 0.6 is 34.8 Å². The number of carbonyl (C=O) groups excluding carboxylic acids is 2. The molecule has 0 amide bonds. The van der Waals surface area contributed by atoms with Crippen molar-refractivity contribution in [2.45, 2.75) is 13.8 Å². The van der Waals surface area contributed by atoms with Crippen molar-refractivity contribution < 1.29 is 118 Å². The average molecular weight is 1420 g/mol. The van der Waals surface area contributed by atoms with E-state index in [0.29, 0.717) is 62.4 Å². The fourth-order valence-corrected chi connectivity index (χ4v) is 8.14. The summed E-state index contributed by atoms with van der Waals surface area (Å²) < 4.78 is 35.7. The Bertz CT molecular complexity index is 4080. The van der Waals surface area contributed by atoms with Gasteiger partial charge in [0.2, 0.25) is 0 Å². The van der Waals surface area contributed by atoms with Gasteiger partial charge < -0.3 is 61.8 Å². The summed E-state index contributed by atoms with van der Waals surface area (Å²) in [4.78, 5) is 36.1. The van der Waals surface area contributed by atoms with Crippen LogP contribution < -0.4 is 9.47 Å². The molecule has 0 atom stereocenters. The summed E-state index contributed by atoms with van der Waals surface area (Å²) in [6.45, 7) is 10.9. The zero-order valence-electron chi connectivity index (χ0n) is 42.6. The number of phenols is 4. The van der Waals surface area contributed by atoms with E-state index in [-0.39, 0.29) is 112 Å². The van der Waals surface area contributed by atoms with Gasteiger partial charge in [0.1, 0.15) is 118 Å². The van der Waals surface area contributed by atoms with E-state index in [1.807, 2.05) is 92.0 Å². The molecule has 6 aromatic carbocycles. The molecule has 23 nitrogen and oxygen atoms in total. The maximum atomic E-state index is 11.3. The third kappa shape index (κ3) is 12.9. The molecule has 6 N–H and O–H groups in total. The standard InChI is InChI=1S/C18H16ClN3O4.C14H12ClN3O3.C12H8ClN3O2.C4H6O2.C3H4O3.CH3.U.V/c1-11(2)18(24)26-8-7-25-13-4-6-15(17(23)10-13)21-20-14-5-3-12(19)9-16(14)22(20)21;15-9-1-3-11-13(7-9)18-16(11)17(18)12-4-2-10(8-14(12)20)21-6-5-19;13-7-1-3-9-11(5-7)16-14(9)15(16)10-4-2-8(17)6-12(10)18;1-3(2)4(5)6;4-3-5-1-2-6-3;;;/h3-6,9-10,23H,1,7-8H2,2H3;1-4,7-8,19-20H,5-6H2;1-6,17-18H;1H2,2H3,(H,5,6);1-2H2;1H3;;/q;;;;;-1;;. The fourth-order valence-electron chi connectivity index (χ4n) is 7.64. The van der Waals surface area contributed by atoms with Crippen molar-refractivity contribution in [1.29, 1.82) is 0 Å². The Morgan fingerprint density at radius 1 is 0.550 bits per heavy atom. The second-order valence-corrected chi connectivity index (χ2v) is 18.2. The molecule has 13 rings (SSSR count). The number of fused-ring (bicyclic) bond motifs is 12. The number of rotatable bonds is 12. The van der Waals surface area contributed by atoms with Crippen LogP contribution in [0.4, 0.5) is 4.79 Å². The molecule has 1 radical (unpaired) electrons. The summed E-state index contributed by atoms with van der Waals surface area (Å²) in [6, 6.07) is 31.5. The van der Waals surface area contributed by atoms with Gasteiger partial charge in [-0.15, -0.1) is 42.2 Å². The van der Waals surface area contributed by atoms with Crippen molar-refractivity contribution >= 4 is 86.0 Å². The number of aliphatic hydroxyl groups excluding tert-OH is 1. The number of phenolic OH excluding ortho intramolecular Hbond substituents is 4. The van der Waals surface area contributed by atoms with Crippen LogP contribution in [-0.4, -0.2) is 131 Å². The molecule has 1 saturated heterocycles. The van der Waals surface area contributed by atoms with Gasteiger partial charge in [0.05, 0.1) is 6.61 Å². The number of carboxylic acid groups (broad SMARTS) is 1. The number of aromatic hydroxyl groups is 4. The van der Waals surface area contributed by atoms with Crippen LogP contribution in [-0.2, 0) is 42.4 Å². The molecule has 417 valence electrons. The minimum Gasteiger partial charge on any atom is -0.508 e. The van der Waals surface area contributed by atoms with Crippen LogP contribution in [0.1, 0.15) is 13.8 Å². The van der Waals surface area contributed by atoms with Crippen LogP contribution in [0.3, 0.4) is 0 Å². The Hall–Kier alpha value is -7.52. The number of esters is 1. The van der Waals surface area contributed by atoms with Crippen LogP contribution in [0.15, 0.2) is 133 Å². The van der Waals surface area contributed by atoms with E-state index in [2.05, 4.69) is 22.6 Å². The quantitative estimate of drug-likeness (QED) is 0.0289. The third-order valence-electron chi connectivity index (χ3n) is 11.3. The van der Waals surface area contributed by atoms with Crippen LogP contribution in [0.5, 0.6) is 34.5 Å². The first-order chi connectivity index (χ1) is 36.9. The number of ether oxygens (including phenoxy) is 5. The molecule has 7 heterocycles. The van der Waals surface area contributed by atoms with Gasteiger partial charge in [-0.25, -0.2) is 14.4 Å². The molecular formula is C52H49Cl3N9O14UV-. The van der Waals surface area contributed by atoms with Crippen molar-refractivity contribution in [3.63, 3.8) is 0 Å². The monoisotopic (exact) mass is 1420 g/mol. The van der Waals surface area contributed by atoms with Gasteiger partial charge in [-0.2, -0.15) is 0 Å². The molecule has 1 aliphatic rings. The maximum absolute atomic E-state index is 11.3. The van der Waals surface area contributed by atoms with Crippen molar-refractivity contribution in [2.24, 2.45) is 0 Å². The molecule has 0 saturated carbocycles. The summed E-state index contributed by atoms with van der Waals surface area (Å²) in [5, 5.41) is 58.2. The van der Waals surface area contributed by atoms with Crippen molar-refractivity contribution in [3.8, 4) is 51.6 Å². The molecule has 0 spiro atoms. The topological polar surface area (TPSA) is 260 Å². The Kier molecular flexibility index (Phi) is 19.8. The molecule has 1 aliphatic heterocycles. The van der Waals surface area contributed by atoms with Crippen molar-refractivity contribution in [2.75, 3.05) is 39.6 Å². The van der Waals surface area contributed by atoms with Crippen LogP contribution in [0, 0.1) is 38.5 Å². The average Bonchev–Trinajstić information content (AvgIpc) is 4.31. The first-order valence-electron chi connectivity index (χ1n) is 23.0. The fraction of sp³-hybridized carbons (Fsp3) is 0.154. The largest absolute Gasteiger partial charge is 0.508 e. The van der Waals surface area contributed by atoms with E-state index in [1.165, 1.54) is 31.2 Å². The molecular weight excluding hydrogens is 1370 g/mol. The summed E-state index contributed by atoms with van der Waals surface area (Å²) in [5.41, 5.74) is 8.48. The Balaban J connectivity index is 0.000000174. The summed E-state index contributed by atoms with van der Waals surface area (Å²) >= 11 is 17.9. The summed E-state index contributed by atoms with van der Waals surface area (Å²) in [7, 11) is 0. The van der Waals surface area contributed by atoms with Gasteiger partial charge in [0.25, 0.3) is 0 Å². The van der Waals surface area contributed by atoms with Crippen molar-refractivity contribution in [3.05, 3.63) is 156 Å². The Morgan fingerprint density at radius 2 is 0.912 bits per heavy atom. The van der Waals surface area contributed by atoms with Crippen LogP contribution in [0.2, 0.25) is 15.1 Å². The smallest absolute Gasteiger partial charge is 0.508 e. The number of halogens is 3. The normalized spacial score (nSPS) is 11.6.